The summed E-state index contributed by atoms with van der Waals surface area (Å²) >= 11 is 0. The quantitative estimate of drug-likeness (QED) is 0.606. The highest BCUT2D eigenvalue weighted by Gasteiger charge is 2.02. The van der Waals surface area contributed by atoms with Gasteiger partial charge in [0, 0.05) is 19.6 Å². The molecule has 2 nitrogen and oxygen atoms in total. The van der Waals surface area contributed by atoms with E-state index < -0.39 is 0 Å². The van der Waals surface area contributed by atoms with Crippen molar-refractivity contribution in [3.05, 3.63) is 91.0 Å². The molecule has 120 valence electrons. The molecule has 0 aromatic heterocycles. The second-order valence-corrected chi connectivity index (χ2v) is 5.49. The maximum Gasteiger partial charge on any atom is 0.119 e. The van der Waals surface area contributed by atoms with E-state index in [2.05, 4.69) is 54.5 Å². The van der Waals surface area contributed by atoms with Crippen LogP contribution >= 0.6 is 0 Å². The number of hydrogen-bond donors (Lipinski definition) is 0. The summed E-state index contributed by atoms with van der Waals surface area (Å²) in [6.07, 6.45) is 4.76. The number of hydrogen-bond acceptors (Lipinski definition) is 2. The van der Waals surface area contributed by atoms with Gasteiger partial charge in [-0.3, -0.25) is 4.90 Å². The molecule has 0 spiro atoms. The van der Waals surface area contributed by atoms with E-state index in [4.69, 9.17) is 4.74 Å². The van der Waals surface area contributed by atoms with Gasteiger partial charge in [-0.1, -0.05) is 54.6 Å². The van der Waals surface area contributed by atoms with Crippen LogP contribution in [-0.4, -0.2) is 31.1 Å². The standard InChI is InChI=1S/C21H25NO/c1-3-14-22(15-4-2)16-17-23-21-12-10-20(11-13-21)18-19-8-6-5-7-9-19/h3-13H,1-2,14-18H2. The molecule has 0 bridgehead atoms. The first kappa shape index (κ1) is 17.0. The van der Waals surface area contributed by atoms with Crippen LogP contribution in [0.1, 0.15) is 11.1 Å². The molecular formula is C21H25NO. The number of nitrogens with zero attached hydrogens (tertiary/aromatic N) is 1. The predicted molar refractivity (Wildman–Crippen MR) is 98.0 cm³/mol. The molecule has 0 atom stereocenters. The van der Waals surface area contributed by atoms with Crippen molar-refractivity contribution in [1.29, 1.82) is 0 Å². The molecule has 0 fully saturated rings. The predicted octanol–water partition coefficient (Wildman–Crippen LogP) is 4.33. The van der Waals surface area contributed by atoms with Gasteiger partial charge in [0.05, 0.1) is 0 Å². The monoisotopic (exact) mass is 307 g/mol. The third-order valence-electron chi connectivity index (χ3n) is 3.63. The normalized spacial score (nSPS) is 10.5. The summed E-state index contributed by atoms with van der Waals surface area (Å²) in [6, 6.07) is 18.9. The van der Waals surface area contributed by atoms with Gasteiger partial charge in [-0.15, -0.1) is 13.2 Å². The first-order chi connectivity index (χ1) is 11.3. The van der Waals surface area contributed by atoms with Crippen LogP contribution in [-0.2, 0) is 6.42 Å². The maximum absolute atomic E-state index is 5.82. The zero-order chi connectivity index (χ0) is 16.3. The summed E-state index contributed by atoms with van der Waals surface area (Å²) in [5.41, 5.74) is 2.62. The summed E-state index contributed by atoms with van der Waals surface area (Å²) in [7, 11) is 0. The van der Waals surface area contributed by atoms with E-state index in [-0.39, 0.29) is 0 Å². The zero-order valence-corrected chi connectivity index (χ0v) is 13.7. The second-order valence-electron chi connectivity index (χ2n) is 5.49. The van der Waals surface area contributed by atoms with Gasteiger partial charge >= 0.3 is 0 Å². The van der Waals surface area contributed by atoms with E-state index >= 15 is 0 Å². The molecule has 0 radical (unpaired) electrons. The highest BCUT2D eigenvalue weighted by molar-refractivity contribution is 5.31. The van der Waals surface area contributed by atoms with E-state index in [0.29, 0.717) is 6.61 Å². The average molecular weight is 307 g/mol. The highest BCUT2D eigenvalue weighted by Crippen LogP contribution is 2.15. The Kier molecular flexibility index (Phi) is 7.15. The minimum absolute atomic E-state index is 0.666. The van der Waals surface area contributed by atoms with Crippen LogP contribution in [0.25, 0.3) is 0 Å². The van der Waals surface area contributed by atoms with Crippen molar-refractivity contribution in [2.75, 3.05) is 26.2 Å². The van der Waals surface area contributed by atoms with E-state index in [1.165, 1.54) is 11.1 Å². The van der Waals surface area contributed by atoms with E-state index in [9.17, 15) is 0 Å². The molecule has 2 heteroatoms. The lowest BCUT2D eigenvalue weighted by molar-refractivity contribution is 0.236. The highest BCUT2D eigenvalue weighted by atomic mass is 16.5. The lowest BCUT2D eigenvalue weighted by atomic mass is 10.1. The van der Waals surface area contributed by atoms with Crippen molar-refractivity contribution in [2.45, 2.75) is 6.42 Å². The average Bonchev–Trinajstić information content (AvgIpc) is 2.58. The van der Waals surface area contributed by atoms with Crippen LogP contribution in [0.5, 0.6) is 5.75 Å². The first-order valence-electron chi connectivity index (χ1n) is 8.01. The van der Waals surface area contributed by atoms with Crippen molar-refractivity contribution in [3.63, 3.8) is 0 Å². The van der Waals surface area contributed by atoms with Gasteiger partial charge in [0.1, 0.15) is 12.4 Å². The third kappa shape index (κ3) is 6.13. The summed E-state index contributed by atoms with van der Waals surface area (Å²) in [6.45, 7) is 10.8. The zero-order valence-electron chi connectivity index (χ0n) is 13.7. The Labute approximate surface area is 139 Å². The first-order valence-corrected chi connectivity index (χ1v) is 8.01. The van der Waals surface area contributed by atoms with Gasteiger partial charge in [0.15, 0.2) is 0 Å². The Morgan fingerprint density at radius 1 is 0.826 bits per heavy atom. The maximum atomic E-state index is 5.82. The minimum atomic E-state index is 0.666. The van der Waals surface area contributed by atoms with Gasteiger partial charge in [-0.25, -0.2) is 0 Å². The molecule has 0 aliphatic carbocycles. The lowest BCUT2D eigenvalue weighted by Gasteiger charge is -2.18. The Balaban J connectivity index is 1.80. The topological polar surface area (TPSA) is 12.5 Å². The molecular weight excluding hydrogens is 282 g/mol. The number of benzene rings is 2. The summed E-state index contributed by atoms with van der Waals surface area (Å²) < 4.78 is 5.82. The van der Waals surface area contributed by atoms with Crippen LogP contribution in [0.15, 0.2) is 79.9 Å². The molecule has 23 heavy (non-hydrogen) atoms. The summed E-state index contributed by atoms with van der Waals surface area (Å²) in [4.78, 5) is 2.24. The fourth-order valence-electron chi connectivity index (χ4n) is 2.45. The molecule has 0 aliphatic heterocycles. The molecule has 2 aromatic rings. The van der Waals surface area contributed by atoms with Crippen LogP contribution in [0.2, 0.25) is 0 Å². The summed E-state index contributed by atoms with van der Waals surface area (Å²) in [5.74, 6) is 0.916. The molecule has 0 saturated carbocycles. The summed E-state index contributed by atoms with van der Waals surface area (Å²) in [5, 5.41) is 0. The third-order valence-corrected chi connectivity index (χ3v) is 3.63. The van der Waals surface area contributed by atoms with Gasteiger partial charge < -0.3 is 4.74 Å². The molecule has 0 aliphatic rings. The SMILES string of the molecule is C=CCN(CC=C)CCOc1ccc(Cc2ccccc2)cc1. The van der Waals surface area contributed by atoms with Crippen LogP contribution in [0, 0.1) is 0 Å². The fraction of sp³-hybridized carbons (Fsp3) is 0.238. The molecule has 0 N–H and O–H groups in total. The molecule has 2 aromatic carbocycles. The molecule has 0 heterocycles. The van der Waals surface area contributed by atoms with Gasteiger partial charge in [-0.2, -0.15) is 0 Å². The van der Waals surface area contributed by atoms with E-state index in [1.54, 1.807) is 0 Å². The molecule has 2 rings (SSSR count). The van der Waals surface area contributed by atoms with Gasteiger partial charge in [-0.05, 0) is 29.7 Å². The van der Waals surface area contributed by atoms with Crippen LogP contribution < -0.4 is 4.74 Å². The van der Waals surface area contributed by atoms with Crippen LogP contribution in [0.4, 0.5) is 0 Å². The fourth-order valence-corrected chi connectivity index (χ4v) is 2.45. The lowest BCUT2D eigenvalue weighted by Crippen LogP contribution is -2.28. The van der Waals surface area contributed by atoms with Crippen LogP contribution in [0.3, 0.4) is 0 Å². The van der Waals surface area contributed by atoms with E-state index in [0.717, 1.165) is 31.8 Å². The number of ether oxygens (including phenoxy) is 1. The molecule has 0 saturated heterocycles. The molecule has 0 unspecified atom stereocenters. The Morgan fingerprint density at radius 2 is 1.43 bits per heavy atom. The number of rotatable bonds is 10. The van der Waals surface area contributed by atoms with E-state index in [1.807, 2.05) is 30.4 Å². The second kappa shape index (κ2) is 9.65. The smallest absolute Gasteiger partial charge is 0.119 e. The van der Waals surface area contributed by atoms with Crippen molar-refractivity contribution in [3.8, 4) is 5.75 Å². The van der Waals surface area contributed by atoms with Gasteiger partial charge in [0.25, 0.3) is 0 Å². The molecule has 0 amide bonds. The van der Waals surface area contributed by atoms with Crippen molar-refractivity contribution in [1.82, 2.24) is 4.90 Å². The van der Waals surface area contributed by atoms with Crippen molar-refractivity contribution >= 4 is 0 Å². The Morgan fingerprint density at radius 3 is 2.04 bits per heavy atom. The van der Waals surface area contributed by atoms with Gasteiger partial charge in [0.2, 0.25) is 0 Å². The Bertz CT molecular complexity index is 579. The Hall–Kier alpha value is -2.32. The largest absolute Gasteiger partial charge is 0.492 e. The van der Waals surface area contributed by atoms with Crippen molar-refractivity contribution in [2.24, 2.45) is 0 Å². The minimum Gasteiger partial charge on any atom is -0.492 e. The van der Waals surface area contributed by atoms with Crippen molar-refractivity contribution < 1.29 is 4.74 Å².